The minimum absolute atomic E-state index is 0.316. The van der Waals surface area contributed by atoms with Gasteiger partial charge in [0, 0.05) is 12.3 Å². The van der Waals surface area contributed by atoms with Crippen molar-refractivity contribution in [3.05, 3.63) is 52.4 Å². The van der Waals surface area contributed by atoms with Gasteiger partial charge in [-0.15, -0.1) is 0 Å². The third kappa shape index (κ3) is 2.58. The van der Waals surface area contributed by atoms with E-state index in [0.29, 0.717) is 16.1 Å². The van der Waals surface area contributed by atoms with Crippen LogP contribution < -0.4 is 4.74 Å². The lowest BCUT2D eigenvalue weighted by molar-refractivity contribution is 0.460. The van der Waals surface area contributed by atoms with Crippen molar-refractivity contribution in [1.29, 1.82) is 0 Å². The van der Waals surface area contributed by atoms with E-state index in [-0.39, 0.29) is 5.82 Å². The van der Waals surface area contributed by atoms with Gasteiger partial charge in [0.1, 0.15) is 11.6 Å². The SMILES string of the molecule is Cc1ccc(Oc2ccc(F)c(Br)c2)nc1. The number of benzene rings is 1. The van der Waals surface area contributed by atoms with E-state index in [0.717, 1.165) is 5.56 Å². The summed E-state index contributed by atoms with van der Waals surface area (Å²) in [5.74, 6) is 0.720. The van der Waals surface area contributed by atoms with E-state index in [1.165, 1.54) is 6.07 Å². The van der Waals surface area contributed by atoms with Crippen molar-refractivity contribution in [2.45, 2.75) is 6.92 Å². The summed E-state index contributed by atoms with van der Waals surface area (Å²) in [4.78, 5) is 4.09. The zero-order valence-corrected chi connectivity index (χ0v) is 10.2. The van der Waals surface area contributed by atoms with Crippen molar-refractivity contribution in [1.82, 2.24) is 4.98 Å². The third-order valence-corrected chi connectivity index (χ3v) is 2.61. The van der Waals surface area contributed by atoms with Crippen molar-refractivity contribution in [3.8, 4) is 11.6 Å². The molecular weight excluding hydrogens is 273 g/mol. The van der Waals surface area contributed by atoms with E-state index in [1.54, 1.807) is 24.4 Å². The lowest BCUT2D eigenvalue weighted by Crippen LogP contribution is -1.88. The molecule has 0 aliphatic rings. The molecule has 0 bridgehead atoms. The molecular formula is C12H9BrFNO. The third-order valence-electron chi connectivity index (χ3n) is 2.00. The Bertz CT molecular complexity index is 499. The summed E-state index contributed by atoms with van der Waals surface area (Å²) in [5.41, 5.74) is 1.06. The van der Waals surface area contributed by atoms with Gasteiger partial charge in [0.25, 0.3) is 0 Å². The highest BCUT2D eigenvalue weighted by Crippen LogP contribution is 2.25. The summed E-state index contributed by atoms with van der Waals surface area (Å²) in [6.45, 7) is 1.95. The molecule has 0 aliphatic carbocycles. The van der Waals surface area contributed by atoms with Crippen LogP contribution in [0, 0.1) is 12.7 Å². The maximum absolute atomic E-state index is 13.0. The highest BCUT2D eigenvalue weighted by molar-refractivity contribution is 9.10. The summed E-state index contributed by atoms with van der Waals surface area (Å²) >= 11 is 3.10. The Morgan fingerprint density at radius 2 is 2.06 bits per heavy atom. The minimum Gasteiger partial charge on any atom is -0.439 e. The number of halogens is 2. The quantitative estimate of drug-likeness (QED) is 0.827. The summed E-state index contributed by atoms with van der Waals surface area (Å²) in [7, 11) is 0. The second-order valence-corrected chi connectivity index (χ2v) is 4.21. The predicted molar refractivity (Wildman–Crippen MR) is 63.1 cm³/mol. The van der Waals surface area contributed by atoms with E-state index in [4.69, 9.17) is 4.74 Å². The van der Waals surface area contributed by atoms with Gasteiger partial charge in [0.15, 0.2) is 0 Å². The fourth-order valence-electron chi connectivity index (χ4n) is 1.18. The van der Waals surface area contributed by atoms with E-state index >= 15 is 0 Å². The minimum atomic E-state index is -0.316. The molecule has 0 radical (unpaired) electrons. The van der Waals surface area contributed by atoms with Crippen LogP contribution in [-0.4, -0.2) is 4.98 Å². The van der Waals surface area contributed by atoms with Gasteiger partial charge in [-0.2, -0.15) is 0 Å². The van der Waals surface area contributed by atoms with E-state index in [9.17, 15) is 4.39 Å². The van der Waals surface area contributed by atoms with E-state index < -0.39 is 0 Å². The Kier molecular flexibility index (Phi) is 3.19. The van der Waals surface area contributed by atoms with Gasteiger partial charge in [0.05, 0.1) is 4.47 Å². The number of hydrogen-bond donors (Lipinski definition) is 0. The summed E-state index contributed by atoms with van der Waals surface area (Å²) in [5, 5.41) is 0. The van der Waals surface area contributed by atoms with Crippen LogP contribution in [0.3, 0.4) is 0 Å². The van der Waals surface area contributed by atoms with Crippen molar-refractivity contribution >= 4 is 15.9 Å². The molecule has 2 aromatic rings. The van der Waals surface area contributed by atoms with E-state index in [1.807, 2.05) is 13.0 Å². The van der Waals surface area contributed by atoms with E-state index in [2.05, 4.69) is 20.9 Å². The van der Waals surface area contributed by atoms with Crippen LogP contribution in [0.5, 0.6) is 11.6 Å². The zero-order valence-electron chi connectivity index (χ0n) is 8.58. The molecule has 1 heterocycles. The van der Waals surface area contributed by atoms with Gasteiger partial charge in [-0.1, -0.05) is 6.07 Å². The largest absolute Gasteiger partial charge is 0.439 e. The summed E-state index contributed by atoms with van der Waals surface area (Å²) in [6, 6.07) is 8.14. The van der Waals surface area contributed by atoms with Gasteiger partial charge < -0.3 is 4.74 Å². The first-order chi connectivity index (χ1) is 7.65. The first-order valence-electron chi connectivity index (χ1n) is 4.71. The molecule has 1 aromatic carbocycles. The standard InChI is InChI=1S/C12H9BrFNO/c1-8-2-5-12(15-7-8)16-9-3-4-11(14)10(13)6-9/h2-7H,1H3. The van der Waals surface area contributed by atoms with Crippen LogP contribution in [0.4, 0.5) is 4.39 Å². The van der Waals surface area contributed by atoms with Gasteiger partial charge in [-0.25, -0.2) is 9.37 Å². The normalized spacial score (nSPS) is 10.2. The molecule has 0 spiro atoms. The number of hydrogen-bond acceptors (Lipinski definition) is 2. The van der Waals surface area contributed by atoms with Crippen LogP contribution >= 0.6 is 15.9 Å². The molecule has 0 unspecified atom stereocenters. The molecule has 0 saturated carbocycles. The van der Waals surface area contributed by atoms with Crippen molar-refractivity contribution in [2.24, 2.45) is 0 Å². The van der Waals surface area contributed by atoms with Gasteiger partial charge >= 0.3 is 0 Å². The molecule has 1 aromatic heterocycles. The fourth-order valence-corrected chi connectivity index (χ4v) is 1.53. The van der Waals surface area contributed by atoms with Gasteiger partial charge in [-0.3, -0.25) is 0 Å². The first kappa shape index (κ1) is 11.1. The molecule has 2 nitrogen and oxygen atoms in total. The van der Waals surface area contributed by atoms with Crippen LogP contribution in [0.15, 0.2) is 41.0 Å². The number of aryl methyl sites for hydroxylation is 1. The maximum atomic E-state index is 13.0. The molecule has 0 aliphatic heterocycles. The first-order valence-corrected chi connectivity index (χ1v) is 5.50. The average molecular weight is 282 g/mol. The van der Waals surface area contributed by atoms with Gasteiger partial charge in [0.2, 0.25) is 5.88 Å². The van der Waals surface area contributed by atoms with Crippen LogP contribution in [0.2, 0.25) is 0 Å². The summed E-state index contributed by atoms with van der Waals surface area (Å²) in [6.07, 6.45) is 1.72. The lowest BCUT2D eigenvalue weighted by Gasteiger charge is -2.05. The molecule has 2 rings (SSSR count). The number of nitrogens with zero attached hydrogens (tertiary/aromatic N) is 1. The molecule has 0 atom stereocenters. The maximum Gasteiger partial charge on any atom is 0.219 e. The Morgan fingerprint density at radius 1 is 1.25 bits per heavy atom. The lowest BCUT2D eigenvalue weighted by atomic mass is 10.3. The molecule has 0 saturated heterocycles. The second kappa shape index (κ2) is 4.61. The number of pyridine rings is 1. The Labute approximate surface area is 101 Å². The van der Waals surface area contributed by atoms with Crippen molar-refractivity contribution in [3.63, 3.8) is 0 Å². The molecule has 0 fully saturated rings. The Morgan fingerprint density at radius 3 is 2.69 bits per heavy atom. The highest BCUT2D eigenvalue weighted by Gasteiger charge is 2.02. The molecule has 0 amide bonds. The molecule has 4 heteroatoms. The second-order valence-electron chi connectivity index (χ2n) is 3.35. The van der Waals surface area contributed by atoms with Crippen LogP contribution in [0.25, 0.3) is 0 Å². The Balaban J connectivity index is 2.20. The van der Waals surface area contributed by atoms with Crippen LogP contribution in [0.1, 0.15) is 5.56 Å². The smallest absolute Gasteiger partial charge is 0.219 e. The monoisotopic (exact) mass is 281 g/mol. The molecule has 16 heavy (non-hydrogen) atoms. The van der Waals surface area contributed by atoms with Crippen molar-refractivity contribution in [2.75, 3.05) is 0 Å². The summed E-state index contributed by atoms with van der Waals surface area (Å²) < 4.78 is 18.8. The Hall–Kier alpha value is -1.42. The molecule has 82 valence electrons. The fraction of sp³-hybridized carbons (Fsp3) is 0.0833. The molecule has 0 N–H and O–H groups in total. The number of aromatic nitrogens is 1. The van der Waals surface area contributed by atoms with Crippen LogP contribution in [-0.2, 0) is 0 Å². The van der Waals surface area contributed by atoms with Crippen molar-refractivity contribution < 1.29 is 9.13 Å². The number of rotatable bonds is 2. The zero-order chi connectivity index (χ0) is 11.5. The topological polar surface area (TPSA) is 22.1 Å². The average Bonchev–Trinajstić information content (AvgIpc) is 2.27. The number of ether oxygens (including phenoxy) is 1. The van der Waals surface area contributed by atoms with Gasteiger partial charge in [-0.05, 0) is 46.6 Å². The predicted octanol–water partition coefficient (Wildman–Crippen LogP) is 4.08. The highest BCUT2D eigenvalue weighted by atomic mass is 79.9.